The lowest BCUT2D eigenvalue weighted by Crippen LogP contribution is -2.15. The SMILES string of the molecule is Brc1ccc(-c2nc(CNC3CC3)co2)o1. The number of nitrogens with zero attached hydrogens (tertiary/aromatic N) is 1. The Bertz CT molecular complexity index is 488. The van der Waals surface area contributed by atoms with Crippen molar-refractivity contribution >= 4 is 15.9 Å². The normalized spacial score (nSPS) is 15.6. The van der Waals surface area contributed by atoms with Gasteiger partial charge >= 0.3 is 0 Å². The largest absolute Gasteiger partial charge is 0.444 e. The lowest BCUT2D eigenvalue weighted by molar-refractivity contribution is 0.504. The maximum absolute atomic E-state index is 5.36. The number of nitrogens with one attached hydrogen (secondary N) is 1. The smallest absolute Gasteiger partial charge is 0.263 e. The Kier molecular flexibility index (Phi) is 2.57. The average molecular weight is 283 g/mol. The van der Waals surface area contributed by atoms with E-state index >= 15 is 0 Å². The lowest BCUT2D eigenvalue weighted by atomic mass is 10.4. The number of hydrogen-bond acceptors (Lipinski definition) is 4. The second kappa shape index (κ2) is 4.07. The number of oxazole rings is 1. The number of aromatic nitrogens is 1. The summed E-state index contributed by atoms with van der Waals surface area (Å²) in [6.07, 6.45) is 4.22. The number of furan rings is 1. The Hall–Kier alpha value is -1.07. The average Bonchev–Trinajstić information content (AvgIpc) is 2.81. The molecule has 0 unspecified atom stereocenters. The summed E-state index contributed by atoms with van der Waals surface area (Å²) in [7, 11) is 0. The molecule has 1 aliphatic rings. The van der Waals surface area contributed by atoms with E-state index in [0.29, 0.717) is 22.4 Å². The van der Waals surface area contributed by atoms with Crippen molar-refractivity contribution < 1.29 is 8.83 Å². The molecule has 84 valence electrons. The van der Waals surface area contributed by atoms with Gasteiger partial charge in [0.05, 0.1) is 5.69 Å². The first kappa shape index (κ1) is 10.1. The molecule has 1 aliphatic carbocycles. The van der Waals surface area contributed by atoms with Crippen molar-refractivity contribution in [2.24, 2.45) is 0 Å². The third-order valence-electron chi connectivity index (χ3n) is 2.48. The van der Waals surface area contributed by atoms with E-state index in [4.69, 9.17) is 8.83 Å². The van der Waals surface area contributed by atoms with Gasteiger partial charge in [-0.2, -0.15) is 0 Å². The van der Waals surface area contributed by atoms with Gasteiger partial charge in [0.25, 0.3) is 5.89 Å². The fourth-order valence-corrected chi connectivity index (χ4v) is 1.77. The first-order valence-electron chi connectivity index (χ1n) is 5.25. The Balaban J connectivity index is 1.71. The molecule has 0 saturated heterocycles. The molecule has 1 fully saturated rings. The summed E-state index contributed by atoms with van der Waals surface area (Å²) in [5.74, 6) is 1.17. The van der Waals surface area contributed by atoms with Crippen LogP contribution in [0.3, 0.4) is 0 Å². The van der Waals surface area contributed by atoms with E-state index in [1.54, 1.807) is 6.26 Å². The second-order valence-corrected chi connectivity index (χ2v) is 4.68. The molecule has 1 saturated carbocycles. The summed E-state index contributed by atoms with van der Waals surface area (Å²) in [4.78, 5) is 4.35. The molecule has 5 heteroatoms. The van der Waals surface area contributed by atoms with Crippen molar-refractivity contribution in [2.75, 3.05) is 0 Å². The van der Waals surface area contributed by atoms with Gasteiger partial charge in [-0.1, -0.05) is 0 Å². The molecule has 3 rings (SSSR count). The lowest BCUT2D eigenvalue weighted by Gasteiger charge is -1.95. The van der Waals surface area contributed by atoms with E-state index < -0.39 is 0 Å². The minimum atomic E-state index is 0.526. The molecule has 2 aromatic heterocycles. The van der Waals surface area contributed by atoms with Crippen LogP contribution in [0, 0.1) is 0 Å². The fourth-order valence-electron chi connectivity index (χ4n) is 1.47. The molecular weight excluding hydrogens is 272 g/mol. The van der Waals surface area contributed by atoms with E-state index in [9.17, 15) is 0 Å². The van der Waals surface area contributed by atoms with Crippen LogP contribution >= 0.6 is 15.9 Å². The van der Waals surface area contributed by atoms with E-state index in [0.717, 1.165) is 12.2 Å². The van der Waals surface area contributed by atoms with Gasteiger partial charge in [0, 0.05) is 12.6 Å². The first-order valence-corrected chi connectivity index (χ1v) is 6.04. The molecule has 0 bridgehead atoms. The molecule has 0 aliphatic heterocycles. The van der Waals surface area contributed by atoms with Crippen LogP contribution in [0.1, 0.15) is 18.5 Å². The minimum Gasteiger partial charge on any atom is -0.444 e. The molecule has 0 radical (unpaired) electrons. The van der Waals surface area contributed by atoms with Gasteiger partial charge in [0.1, 0.15) is 6.26 Å². The van der Waals surface area contributed by atoms with Crippen LogP contribution in [0.5, 0.6) is 0 Å². The van der Waals surface area contributed by atoms with E-state index in [1.807, 2.05) is 12.1 Å². The summed E-state index contributed by atoms with van der Waals surface area (Å²) in [6.45, 7) is 0.760. The van der Waals surface area contributed by atoms with Gasteiger partial charge in [-0.15, -0.1) is 0 Å². The molecule has 16 heavy (non-hydrogen) atoms. The molecule has 0 aromatic carbocycles. The molecule has 0 atom stereocenters. The molecular formula is C11H11BrN2O2. The zero-order chi connectivity index (χ0) is 11.0. The highest BCUT2D eigenvalue weighted by Crippen LogP contribution is 2.24. The Morgan fingerprint density at radius 1 is 1.44 bits per heavy atom. The van der Waals surface area contributed by atoms with Crippen LogP contribution in [0.25, 0.3) is 11.7 Å². The maximum atomic E-state index is 5.36. The minimum absolute atomic E-state index is 0.526. The van der Waals surface area contributed by atoms with E-state index in [1.165, 1.54) is 12.8 Å². The van der Waals surface area contributed by atoms with Crippen LogP contribution < -0.4 is 5.32 Å². The highest BCUT2D eigenvalue weighted by atomic mass is 79.9. The van der Waals surface area contributed by atoms with Gasteiger partial charge in [0.15, 0.2) is 10.4 Å². The molecule has 2 aromatic rings. The summed E-state index contributed by atoms with van der Waals surface area (Å²) in [5.41, 5.74) is 0.912. The Morgan fingerprint density at radius 2 is 2.31 bits per heavy atom. The third-order valence-corrected chi connectivity index (χ3v) is 2.91. The standard InChI is InChI=1S/C11H11BrN2O2/c12-10-4-3-9(16-10)11-14-8(6-15-11)5-13-7-1-2-7/h3-4,6-7,13H,1-2,5H2. The van der Waals surface area contributed by atoms with Crippen molar-refractivity contribution in [3.8, 4) is 11.7 Å². The zero-order valence-corrected chi connectivity index (χ0v) is 10.2. The summed E-state index contributed by atoms with van der Waals surface area (Å²) < 4.78 is 11.4. The van der Waals surface area contributed by atoms with Crippen LogP contribution in [-0.2, 0) is 6.54 Å². The predicted molar refractivity (Wildman–Crippen MR) is 61.8 cm³/mol. The van der Waals surface area contributed by atoms with Crippen molar-refractivity contribution in [2.45, 2.75) is 25.4 Å². The number of rotatable bonds is 4. The summed E-state index contributed by atoms with van der Waals surface area (Å²) >= 11 is 3.25. The molecule has 1 N–H and O–H groups in total. The fraction of sp³-hybridized carbons (Fsp3) is 0.364. The highest BCUT2D eigenvalue weighted by molar-refractivity contribution is 9.10. The van der Waals surface area contributed by atoms with Gasteiger partial charge in [0.2, 0.25) is 0 Å². The zero-order valence-electron chi connectivity index (χ0n) is 8.57. The Morgan fingerprint density at radius 3 is 3.00 bits per heavy atom. The van der Waals surface area contributed by atoms with Crippen molar-refractivity contribution in [1.29, 1.82) is 0 Å². The number of halogens is 1. The highest BCUT2D eigenvalue weighted by Gasteiger charge is 2.20. The third kappa shape index (κ3) is 2.20. The number of hydrogen-bond donors (Lipinski definition) is 1. The Labute approximate surface area is 101 Å². The molecule has 0 amide bonds. The summed E-state index contributed by atoms with van der Waals surface area (Å²) in [6, 6.07) is 4.33. The van der Waals surface area contributed by atoms with E-state index in [-0.39, 0.29) is 0 Å². The van der Waals surface area contributed by atoms with Gasteiger partial charge < -0.3 is 14.2 Å². The molecule has 0 spiro atoms. The van der Waals surface area contributed by atoms with Gasteiger partial charge in [-0.3, -0.25) is 0 Å². The van der Waals surface area contributed by atoms with Crippen molar-refractivity contribution in [3.63, 3.8) is 0 Å². The van der Waals surface area contributed by atoms with Crippen LogP contribution in [0.4, 0.5) is 0 Å². The van der Waals surface area contributed by atoms with Crippen molar-refractivity contribution in [1.82, 2.24) is 10.3 Å². The van der Waals surface area contributed by atoms with Crippen LogP contribution in [0.2, 0.25) is 0 Å². The van der Waals surface area contributed by atoms with Crippen LogP contribution in [-0.4, -0.2) is 11.0 Å². The molecule has 2 heterocycles. The predicted octanol–water partition coefficient (Wildman–Crippen LogP) is 2.95. The quantitative estimate of drug-likeness (QED) is 0.937. The topological polar surface area (TPSA) is 51.2 Å². The van der Waals surface area contributed by atoms with Gasteiger partial charge in [-0.25, -0.2) is 4.98 Å². The van der Waals surface area contributed by atoms with E-state index in [2.05, 4.69) is 26.2 Å². The summed E-state index contributed by atoms with van der Waals surface area (Å²) in [5, 5.41) is 3.38. The van der Waals surface area contributed by atoms with Crippen LogP contribution in [0.15, 0.2) is 31.9 Å². The second-order valence-electron chi connectivity index (χ2n) is 3.90. The first-order chi connectivity index (χ1) is 7.81. The monoisotopic (exact) mass is 282 g/mol. The maximum Gasteiger partial charge on any atom is 0.263 e. The van der Waals surface area contributed by atoms with Gasteiger partial charge in [-0.05, 0) is 40.9 Å². The van der Waals surface area contributed by atoms with Crippen molar-refractivity contribution in [3.05, 3.63) is 28.8 Å². The molecule has 4 nitrogen and oxygen atoms in total.